The lowest BCUT2D eigenvalue weighted by atomic mass is 10.1. The molecule has 0 atom stereocenters. The van der Waals surface area contributed by atoms with E-state index in [4.69, 9.17) is 24.9 Å². The molecule has 0 radical (unpaired) electrons. The van der Waals surface area contributed by atoms with Crippen LogP contribution in [0.2, 0.25) is 0 Å². The highest BCUT2D eigenvalue weighted by Gasteiger charge is 2.18. The highest BCUT2D eigenvalue weighted by molar-refractivity contribution is 6.12. The zero-order chi connectivity index (χ0) is 32.5. The van der Waals surface area contributed by atoms with E-state index in [-0.39, 0.29) is 24.2 Å². The lowest BCUT2D eigenvalue weighted by molar-refractivity contribution is 0.666. The molecule has 0 bridgehead atoms. The smallest absolute Gasteiger partial charge is 0.164 e. The third kappa shape index (κ3) is 3.83. The van der Waals surface area contributed by atoms with E-state index in [0.717, 1.165) is 27.5 Å². The maximum absolute atomic E-state index is 8.85. The molecular formula is C39H24N4O. The summed E-state index contributed by atoms with van der Waals surface area (Å²) in [6.45, 7) is 0. The van der Waals surface area contributed by atoms with E-state index in [0.29, 0.717) is 56.1 Å². The Hall–Kier alpha value is -6.07. The molecule has 5 heteroatoms. The Morgan fingerprint density at radius 3 is 1.70 bits per heavy atom. The van der Waals surface area contributed by atoms with Gasteiger partial charge < -0.3 is 8.98 Å². The van der Waals surface area contributed by atoms with Gasteiger partial charge in [-0.3, -0.25) is 0 Å². The van der Waals surface area contributed by atoms with Crippen LogP contribution in [0.25, 0.3) is 83.6 Å². The number of aromatic nitrogens is 4. The fraction of sp³-hybridized carbons (Fsp3) is 0. The topological polar surface area (TPSA) is 56.7 Å². The molecule has 9 rings (SSSR count). The second-order valence-electron chi connectivity index (χ2n) is 10.6. The fourth-order valence-corrected chi connectivity index (χ4v) is 5.93. The molecule has 3 aromatic heterocycles. The van der Waals surface area contributed by atoms with Gasteiger partial charge in [0, 0.05) is 38.2 Å². The largest absolute Gasteiger partial charge is 0.454 e. The van der Waals surface area contributed by atoms with Crippen LogP contribution in [0.4, 0.5) is 0 Å². The molecule has 0 N–H and O–H groups in total. The van der Waals surface area contributed by atoms with E-state index in [2.05, 4.69) is 0 Å². The standard InChI is InChI=1S/C39H24N4O/c1-3-12-25(13-4-1)37-40-38(26-14-5-2-6-15-26)42-39(41-37)27-22-23-30-31-18-11-21-34(36(31)44-35(30)24-27)43-32-19-9-7-16-28(32)29-17-8-10-20-33(29)43/h1-24H/i7D,8D,19D,20D. The minimum atomic E-state index is 0.160. The molecule has 6 aromatic carbocycles. The maximum atomic E-state index is 8.85. The number of para-hydroxylation sites is 3. The first kappa shape index (κ1) is 20.8. The molecule has 0 aliphatic rings. The zero-order valence-corrected chi connectivity index (χ0v) is 23.2. The molecule has 0 saturated carbocycles. The van der Waals surface area contributed by atoms with Gasteiger partial charge in [-0.15, -0.1) is 0 Å². The summed E-state index contributed by atoms with van der Waals surface area (Å²) in [4.78, 5) is 14.6. The summed E-state index contributed by atoms with van der Waals surface area (Å²) in [7, 11) is 0. The van der Waals surface area contributed by atoms with Crippen molar-refractivity contribution in [2.75, 3.05) is 0 Å². The Morgan fingerprint density at radius 2 is 1.09 bits per heavy atom. The van der Waals surface area contributed by atoms with Gasteiger partial charge in [0.05, 0.1) is 22.2 Å². The summed E-state index contributed by atoms with van der Waals surface area (Å²) in [5.74, 6) is 1.66. The Kier molecular flexibility index (Phi) is 4.60. The van der Waals surface area contributed by atoms with Gasteiger partial charge in [-0.25, -0.2) is 15.0 Å². The third-order valence-electron chi connectivity index (χ3n) is 7.96. The quantitative estimate of drug-likeness (QED) is 0.212. The number of benzene rings is 6. The van der Waals surface area contributed by atoms with Crippen LogP contribution in [0.1, 0.15) is 5.48 Å². The van der Waals surface area contributed by atoms with E-state index >= 15 is 0 Å². The number of rotatable bonds is 4. The lowest BCUT2D eigenvalue weighted by Crippen LogP contribution is -2.00. The molecule has 0 fully saturated rings. The first-order valence-corrected chi connectivity index (χ1v) is 14.3. The molecule has 206 valence electrons. The minimum absolute atomic E-state index is 0.160. The number of nitrogens with zero attached hydrogens (tertiary/aromatic N) is 4. The molecule has 0 aliphatic heterocycles. The van der Waals surface area contributed by atoms with Crippen LogP contribution in [0.3, 0.4) is 0 Å². The second kappa shape index (κ2) is 9.75. The molecule has 44 heavy (non-hydrogen) atoms. The highest BCUT2D eigenvalue weighted by atomic mass is 16.3. The van der Waals surface area contributed by atoms with Gasteiger partial charge in [-0.2, -0.15) is 0 Å². The molecule has 0 aliphatic carbocycles. The van der Waals surface area contributed by atoms with Crippen molar-refractivity contribution in [3.8, 4) is 39.9 Å². The number of hydrogen-bond donors (Lipinski definition) is 0. The minimum Gasteiger partial charge on any atom is -0.454 e. The van der Waals surface area contributed by atoms with Crippen molar-refractivity contribution in [2.45, 2.75) is 0 Å². The monoisotopic (exact) mass is 568 g/mol. The number of hydrogen-bond acceptors (Lipinski definition) is 4. The van der Waals surface area contributed by atoms with Crippen molar-refractivity contribution in [1.82, 2.24) is 19.5 Å². The van der Waals surface area contributed by atoms with E-state index in [9.17, 15) is 0 Å². The van der Waals surface area contributed by atoms with Gasteiger partial charge >= 0.3 is 0 Å². The van der Waals surface area contributed by atoms with Gasteiger partial charge in [0.1, 0.15) is 5.58 Å². The van der Waals surface area contributed by atoms with E-state index < -0.39 is 0 Å². The van der Waals surface area contributed by atoms with E-state index in [1.165, 1.54) is 12.1 Å². The Morgan fingerprint density at radius 1 is 0.500 bits per heavy atom. The average Bonchev–Trinajstić information content (AvgIpc) is 3.64. The van der Waals surface area contributed by atoms with Crippen molar-refractivity contribution in [3.63, 3.8) is 0 Å². The Bertz CT molecular complexity index is 2600. The summed E-state index contributed by atoms with van der Waals surface area (Å²) < 4.78 is 42.8. The van der Waals surface area contributed by atoms with Gasteiger partial charge in [0.2, 0.25) is 0 Å². The predicted octanol–water partition coefficient (Wildman–Crippen LogP) is 9.87. The predicted molar refractivity (Wildman–Crippen MR) is 178 cm³/mol. The summed E-state index contributed by atoms with van der Waals surface area (Å²) in [6, 6.07) is 38.6. The number of furan rings is 1. The molecule has 0 amide bonds. The van der Waals surface area contributed by atoms with Gasteiger partial charge in [-0.1, -0.05) is 115 Å². The first-order chi connectivity index (χ1) is 23.4. The maximum Gasteiger partial charge on any atom is 0.164 e. The van der Waals surface area contributed by atoms with Crippen LogP contribution < -0.4 is 0 Å². The summed E-state index contributed by atoms with van der Waals surface area (Å²) in [6.07, 6.45) is 0. The van der Waals surface area contributed by atoms with Crippen LogP contribution in [-0.4, -0.2) is 19.5 Å². The van der Waals surface area contributed by atoms with Crippen LogP contribution in [-0.2, 0) is 0 Å². The van der Waals surface area contributed by atoms with E-state index in [1.807, 2.05) is 102 Å². The van der Waals surface area contributed by atoms with Crippen molar-refractivity contribution < 1.29 is 9.90 Å². The van der Waals surface area contributed by atoms with Crippen LogP contribution in [0, 0.1) is 0 Å². The molecule has 5 nitrogen and oxygen atoms in total. The molecule has 0 saturated heterocycles. The summed E-state index contributed by atoms with van der Waals surface area (Å²) >= 11 is 0. The van der Waals surface area contributed by atoms with Gasteiger partial charge in [-0.05, 0) is 30.3 Å². The third-order valence-corrected chi connectivity index (χ3v) is 7.96. The summed E-state index contributed by atoms with van der Waals surface area (Å²) in [5, 5.41) is 3.08. The van der Waals surface area contributed by atoms with Crippen molar-refractivity contribution in [2.24, 2.45) is 0 Å². The van der Waals surface area contributed by atoms with Crippen molar-refractivity contribution >= 4 is 43.7 Å². The molecule has 9 aromatic rings. The Labute approximate surface area is 258 Å². The normalized spacial score (nSPS) is 12.9. The lowest BCUT2D eigenvalue weighted by Gasteiger charge is -2.08. The van der Waals surface area contributed by atoms with Gasteiger partial charge in [0.15, 0.2) is 23.1 Å². The second-order valence-corrected chi connectivity index (χ2v) is 10.6. The highest BCUT2D eigenvalue weighted by Crippen LogP contribution is 2.39. The van der Waals surface area contributed by atoms with Crippen molar-refractivity contribution in [3.05, 3.63) is 145 Å². The SMILES string of the molecule is [2H]c1cc([2H])c2c(c1)c1cc([2H])cc([2H])c1n2-c1cccc2c1oc1cc(-c3nc(-c4ccccc4)nc(-c4ccccc4)n3)ccc12. The average molecular weight is 569 g/mol. The molecule has 0 unspecified atom stereocenters. The fourth-order valence-electron chi connectivity index (χ4n) is 5.93. The van der Waals surface area contributed by atoms with Crippen molar-refractivity contribution in [1.29, 1.82) is 0 Å². The van der Waals surface area contributed by atoms with E-state index in [1.54, 1.807) is 12.1 Å². The van der Waals surface area contributed by atoms with Gasteiger partial charge in [0.25, 0.3) is 0 Å². The van der Waals surface area contributed by atoms with Crippen LogP contribution >= 0.6 is 0 Å². The Balaban J connectivity index is 1.27. The van der Waals surface area contributed by atoms with Crippen LogP contribution in [0.15, 0.2) is 150 Å². The molecular weight excluding hydrogens is 540 g/mol. The molecule has 3 heterocycles. The molecule has 0 spiro atoms. The first-order valence-electron chi connectivity index (χ1n) is 16.3. The number of fused-ring (bicyclic) bond motifs is 6. The van der Waals surface area contributed by atoms with Crippen LogP contribution in [0.5, 0.6) is 0 Å². The summed E-state index contributed by atoms with van der Waals surface area (Å²) in [5.41, 5.74) is 5.55. The zero-order valence-electron chi connectivity index (χ0n) is 27.2.